The van der Waals surface area contributed by atoms with Crippen LogP contribution in [0.25, 0.3) is 10.8 Å². The first-order valence-electron chi connectivity index (χ1n) is 6.15. The second-order valence-electron chi connectivity index (χ2n) is 4.55. The van der Waals surface area contributed by atoms with E-state index in [4.69, 9.17) is 33.5 Å². The van der Waals surface area contributed by atoms with Crippen molar-refractivity contribution in [3.63, 3.8) is 0 Å². The van der Waals surface area contributed by atoms with E-state index in [9.17, 15) is 0 Å². The Labute approximate surface area is 135 Å². The zero-order valence-corrected chi connectivity index (χ0v) is 13.4. The Morgan fingerprint density at radius 2 is 2.00 bits per heavy atom. The van der Waals surface area contributed by atoms with Crippen LogP contribution >= 0.6 is 34.5 Å². The SMILES string of the molecule is Cc1csc(-c2nc(Cc3c(Cl)cccc3Cl)no2)c1N. The largest absolute Gasteiger partial charge is 0.397 e. The van der Waals surface area contributed by atoms with E-state index in [-0.39, 0.29) is 0 Å². The Morgan fingerprint density at radius 3 is 2.62 bits per heavy atom. The highest BCUT2D eigenvalue weighted by Crippen LogP contribution is 2.34. The van der Waals surface area contributed by atoms with Crippen molar-refractivity contribution < 1.29 is 4.52 Å². The molecule has 7 heteroatoms. The average Bonchev–Trinajstić information content (AvgIpc) is 3.03. The highest BCUT2D eigenvalue weighted by Gasteiger charge is 2.16. The molecule has 21 heavy (non-hydrogen) atoms. The summed E-state index contributed by atoms with van der Waals surface area (Å²) in [6.07, 6.45) is 0.409. The minimum absolute atomic E-state index is 0.409. The van der Waals surface area contributed by atoms with E-state index >= 15 is 0 Å². The first-order chi connectivity index (χ1) is 10.1. The molecule has 0 spiro atoms. The monoisotopic (exact) mass is 339 g/mol. The molecule has 2 heterocycles. The summed E-state index contributed by atoms with van der Waals surface area (Å²) >= 11 is 13.8. The van der Waals surface area contributed by atoms with Crippen molar-refractivity contribution >= 4 is 40.2 Å². The topological polar surface area (TPSA) is 64.9 Å². The number of benzene rings is 1. The maximum absolute atomic E-state index is 6.14. The van der Waals surface area contributed by atoms with Crippen molar-refractivity contribution in [1.82, 2.24) is 10.1 Å². The Hall–Kier alpha value is -1.56. The molecule has 0 saturated carbocycles. The Morgan fingerprint density at radius 1 is 1.29 bits per heavy atom. The van der Waals surface area contributed by atoms with Crippen LogP contribution in [0.2, 0.25) is 10.0 Å². The molecule has 0 aliphatic heterocycles. The van der Waals surface area contributed by atoms with Crippen molar-refractivity contribution in [2.75, 3.05) is 5.73 Å². The van der Waals surface area contributed by atoms with Crippen LogP contribution in [0.4, 0.5) is 5.69 Å². The summed E-state index contributed by atoms with van der Waals surface area (Å²) in [5, 5.41) is 7.09. The van der Waals surface area contributed by atoms with Crippen molar-refractivity contribution in [1.29, 1.82) is 0 Å². The maximum Gasteiger partial charge on any atom is 0.270 e. The fourth-order valence-corrected chi connectivity index (χ4v) is 3.32. The van der Waals surface area contributed by atoms with Crippen LogP contribution in [0.1, 0.15) is 17.0 Å². The molecule has 2 N–H and O–H groups in total. The molecule has 0 fully saturated rings. The van der Waals surface area contributed by atoms with Crippen LogP contribution in [-0.2, 0) is 6.42 Å². The molecule has 4 nitrogen and oxygen atoms in total. The summed E-state index contributed by atoms with van der Waals surface area (Å²) in [6, 6.07) is 5.36. The van der Waals surface area contributed by atoms with Gasteiger partial charge < -0.3 is 10.3 Å². The van der Waals surface area contributed by atoms with E-state index < -0.39 is 0 Å². The Kier molecular flexibility index (Phi) is 3.89. The van der Waals surface area contributed by atoms with Gasteiger partial charge in [0.05, 0.1) is 5.69 Å². The number of hydrogen-bond donors (Lipinski definition) is 1. The van der Waals surface area contributed by atoms with Gasteiger partial charge in [-0.15, -0.1) is 11.3 Å². The van der Waals surface area contributed by atoms with Crippen molar-refractivity contribution in [3.8, 4) is 10.8 Å². The van der Waals surface area contributed by atoms with Crippen LogP contribution in [0.15, 0.2) is 28.1 Å². The minimum Gasteiger partial charge on any atom is -0.397 e. The molecule has 1 aromatic carbocycles. The molecule has 0 bridgehead atoms. The molecule has 0 aliphatic rings. The molecule has 3 aromatic rings. The van der Waals surface area contributed by atoms with Crippen molar-refractivity contribution in [3.05, 3.63) is 50.6 Å². The van der Waals surface area contributed by atoms with Crippen LogP contribution in [0.5, 0.6) is 0 Å². The quantitative estimate of drug-likeness (QED) is 0.757. The number of hydrogen-bond acceptors (Lipinski definition) is 5. The number of nitrogens with zero attached hydrogens (tertiary/aromatic N) is 2. The number of thiophene rings is 1. The number of rotatable bonds is 3. The van der Waals surface area contributed by atoms with Gasteiger partial charge in [-0.05, 0) is 35.6 Å². The molecule has 0 amide bonds. The van der Waals surface area contributed by atoms with Gasteiger partial charge >= 0.3 is 0 Å². The van der Waals surface area contributed by atoms with Crippen molar-refractivity contribution in [2.45, 2.75) is 13.3 Å². The van der Waals surface area contributed by atoms with Gasteiger partial charge in [0.25, 0.3) is 5.89 Å². The lowest BCUT2D eigenvalue weighted by molar-refractivity contribution is 0.425. The number of anilines is 1. The summed E-state index contributed by atoms with van der Waals surface area (Å²) < 4.78 is 5.28. The molecular formula is C14H11Cl2N3OS. The molecular weight excluding hydrogens is 329 g/mol. The molecule has 0 saturated heterocycles. The summed E-state index contributed by atoms with van der Waals surface area (Å²) in [7, 11) is 0. The smallest absolute Gasteiger partial charge is 0.270 e. The van der Waals surface area contributed by atoms with E-state index in [0.29, 0.717) is 33.9 Å². The average molecular weight is 340 g/mol. The van der Waals surface area contributed by atoms with Crippen LogP contribution in [0.3, 0.4) is 0 Å². The van der Waals surface area contributed by atoms with Gasteiger partial charge in [-0.1, -0.05) is 34.4 Å². The molecule has 0 aliphatic carbocycles. The number of nitrogen functional groups attached to an aromatic ring is 1. The molecule has 0 unspecified atom stereocenters. The Bertz CT molecular complexity index is 777. The summed E-state index contributed by atoms with van der Waals surface area (Å²) in [4.78, 5) is 5.16. The third-order valence-corrected chi connectivity index (χ3v) is 4.89. The predicted molar refractivity (Wildman–Crippen MR) is 86.0 cm³/mol. The minimum atomic E-state index is 0.409. The number of nitrogens with two attached hydrogens (primary N) is 1. The lowest BCUT2D eigenvalue weighted by Crippen LogP contribution is -1.93. The molecule has 0 atom stereocenters. The van der Waals surface area contributed by atoms with E-state index in [0.717, 1.165) is 16.0 Å². The lowest BCUT2D eigenvalue weighted by atomic mass is 10.1. The lowest BCUT2D eigenvalue weighted by Gasteiger charge is -2.02. The van der Waals surface area contributed by atoms with Crippen LogP contribution in [-0.4, -0.2) is 10.1 Å². The summed E-state index contributed by atoms with van der Waals surface area (Å²) in [5.41, 5.74) is 8.44. The van der Waals surface area contributed by atoms with E-state index in [1.807, 2.05) is 12.3 Å². The highest BCUT2D eigenvalue weighted by molar-refractivity contribution is 7.14. The van der Waals surface area contributed by atoms with Gasteiger partial charge in [-0.25, -0.2) is 0 Å². The van der Waals surface area contributed by atoms with Gasteiger partial charge in [0.2, 0.25) is 0 Å². The number of aromatic nitrogens is 2. The second-order valence-corrected chi connectivity index (χ2v) is 6.25. The molecule has 0 radical (unpaired) electrons. The summed E-state index contributed by atoms with van der Waals surface area (Å²) in [5.74, 6) is 0.939. The summed E-state index contributed by atoms with van der Waals surface area (Å²) in [6.45, 7) is 1.94. The standard InChI is InChI=1S/C14H11Cl2N3OS/c1-7-6-21-13(12(7)17)14-18-11(19-20-14)5-8-9(15)3-2-4-10(8)16/h2-4,6H,5,17H2,1H3. The van der Waals surface area contributed by atoms with Crippen LogP contribution in [0, 0.1) is 6.92 Å². The molecule has 108 valence electrons. The number of halogens is 2. The molecule has 2 aromatic heterocycles. The van der Waals surface area contributed by atoms with Crippen molar-refractivity contribution in [2.24, 2.45) is 0 Å². The van der Waals surface area contributed by atoms with E-state index in [2.05, 4.69) is 10.1 Å². The predicted octanol–water partition coefficient (Wildman–Crippen LogP) is 4.59. The zero-order valence-electron chi connectivity index (χ0n) is 11.1. The first kappa shape index (κ1) is 14.4. The number of aryl methyl sites for hydroxylation is 1. The highest BCUT2D eigenvalue weighted by atomic mass is 35.5. The normalized spacial score (nSPS) is 11.0. The second kappa shape index (κ2) is 5.67. The zero-order chi connectivity index (χ0) is 15.0. The van der Waals surface area contributed by atoms with Gasteiger partial charge in [0.1, 0.15) is 4.88 Å². The third-order valence-electron chi connectivity index (χ3n) is 3.08. The van der Waals surface area contributed by atoms with Gasteiger partial charge in [-0.3, -0.25) is 0 Å². The van der Waals surface area contributed by atoms with Gasteiger partial charge in [0.15, 0.2) is 5.82 Å². The fourth-order valence-electron chi connectivity index (χ4n) is 1.90. The third kappa shape index (κ3) is 2.77. The van der Waals surface area contributed by atoms with E-state index in [1.54, 1.807) is 18.2 Å². The van der Waals surface area contributed by atoms with Gasteiger partial charge in [-0.2, -0.15) is 4.98 Å². The Balaban J connectivity index is 1.91. The van der Waals surface area contributed by atoms with Gasteiger partial charge in [0, 0.05) is 16.5 Å². The van der Waals surface area contributed by atoms with Crippen LogP contribution < -0.4 is 5.73 Å². The maximum atomic E-state index is 6.14. The fraction of sp³-hybridized carbons (Fsp3) is 0.143. The first-order valence-corrected chi connectivity index (χ1v) is 7.79. The van der Waals surface area contributed by atoms with E-state index in [1.165, 1.54) is 11.3 Å². The molecule has 3 rings (SSSR count).